The first-order valence-corrected chi connectivity index (χ1v) is 8.20. The van der Waals surface area contributed by atoms with E-state index < -0.39 is 0 Å². The van der Waals surface area contributed by atoms with Crippen LogP contribution in [0.3, 0.4) is 0 Å². The highest BCUT2D eigenvalue weighted by Gasteiger charge is 2.30. The number of nitrogens with one attached hydrogen (secondary N) is 1. The molecule has 1 aliphatic rings. The summed E-state index contributed by atoms with van der Waals surface area (Å²) in [4.78, 5) is 0. The van der Waals surface area contributed by atoms with Gasteiger partial charge in [0.1, 0.15) is 11.9 Å². The standard InChI is InChI=1S/C18H29NO/c1-4-6-9-14(5-2)12-16(19-3)18-13-15-10-7-8-11-17(15)20-18/h7-8,10-11,14,16,18-19H,4-6,9,12-13H2,1-3H3. The van der Waals surface area contributed by atoms with Crippen molar-refractivity contribution in [2.45, 2.75) is 64.5 Å². The predicted octanol–water partition coefficient (Wildman–Crippen LogP) is 4.18. The fraction of sp³-hybridized carbons (Fsp3) is 0.667. The maximum atomic E-state index is 6.15. The van der Waals surface area contributed by atoms with Gasteiger partial charge in [0.25, 0.3) is 0 Å². The Balaban J connectivity index is 1.93. The van der Waals surface area contributed by atoms with Gasteiger partial charge in [-0.25, -0.2) is 0 Å². The van der Waals surface area contributed by atoms with Crippen LogP contribution in [0.4, 0.5) is 0 Å². The van der Waals surface area contributed by atoms with Crippen LogP contribution in [0, 0.1) is 5.92 Å². The molecule has 1 aromatic carbocycles. The molecule has 20 heavy (non-hydrogen) atoms. The third-order valence-electron chi connectivity index (χ3n) is 4.62. The molecule has 0 fully saturated rings. The zero-order chi connectivity index (χ0) is 14.4. The van der Waals surface area contributed by atoms with Gasteiger partial charge in [0, 0.05) is 12.5 Å². The Morgan fingerprint density at radius 2 is 2.10 bits per heavy atom. The molecule has 1 aromatic rings. The molecule has 0 aliphatic carbocycles. The molecule has 0 radical (unpaired) electrons. The Morgan fingerprint density at radius 1 is 1.30 bits per heavy atom. The summed E-state index contributed by atoms with van der Waals surface area (Å²) >= 11 is 0. The van der Waals surface area contributed by atoms with Crippen LogP contribution in [0.5, 0.6) is 5.75 Å². The molecule has 2 nitrogen and oxygen atoms in total. The molecule has 0 spiro atoms. The predicted molar refractivity (Wildman–Crippen MR) is 85.3 cm³/mol. The second-order valence-electron chi connectivity index (χ2n) is 6.02. The van der Waals surface area contributed by atoms with E-state index in [1.54, 1.807) is 0 Å². The molecular formula is C18H29NO. The molecule has 112 valence electrons. The second kappa shape index (κ2) is 7.68. The van der Waals surface area contributed by atoms with E-state index in [4.69, 9.17) is 4.74 Å². The van der Waals surface area contributed by atoms with Crippen molar-refractivity contribution in [2.75, 3.05) is 7.05 Å². The van der Waals surface area contributed by atoms with Crippen LogP contribution >= 0.6 is 0 Å². The van der Waals surface area contributed by atoms with Crippen molar-refractivity contribution in [1.82, 2.24) is 5.32 Å². The Morgan fingerprint density at radius 3 is 2.75 bits per heavy atom. The van der Waals surface area contributed by atoms with Gasteiger partial charge in [-0.3, -0.25) is 0 Å². The molecule has 0 bridgehead atoms. The van der Waals surface area contributed by atoms with Gasteiger partial charge in [-0.15, -0.1) is 0 Å². The number of ether oxygens (including phenoxy) is 1. The lowest BCUT2D eigenvalue weighted by Crippen LogP contribution is -2.41. The fourth-order valence-corrected chi connectivity index (χ4v) is 3.23. The number of hydrogen-bond donors (Lipinski definition) is 1. The summed E-state index contributed by atoms with van der Waals surface area (Å²) in [6.07, 6.45) is 7.85. The maximum absolute atomic E-state index is 6.15. The summed E-state index contributed by atoms with van der Waals surface area (Å²) in [6.45, 7) is 4.59. The summed E-state index contributed by atoms with van der Waals surface area (Å²) in [5.74, 6) is 1.90. The quantitative estimate of drug-likeness (QED) is 0.768. The van der Waals surface area contributed by atoms with Gasteiger partial charge in [0.2, 0.25) is 0 Å². The highest BCUT2D eigenvalue weighted by molar-refractivity contribution is 5.37. The van der Waals surface area contributed by atoms with E-state index in [0.29, 0.717) is 12.1 Å². The SMILES string of the molecule is CCCCC(CC)CC(NC)C1Cc2ccccc2O1. The number of hydrogen-bond acceptors (Lipinski definition) is 2. The number of benzene rings is 1. The van der Waals surface area contributed by atoms with Crippen molar-refractivity contribution in [3.05, 3.63) is 29.8 Å². The van der Waals surface area contributed by atoms with Crippen LogP contribution in [-0.4, -0.2) is 19.2 Å². The Hall–Kier alpha value is -1.02. The molecular weight excluding hydrogens is 246 g/mol. The first-order valence-electron chi connectivity index (χ1n) is 8.20. The highest BCUT2D eigenvalue weighted by Crippen LogP contribution is 2.31. The lowest BCUT2D eigenvalue weighted by atomic mass is 9.89. The van der Waals surface area contributed by atoms with Gasteiger partial charge < -0.3 is 10.1 Å². The first kappa shape index (κ1) is 15.4. The minimum atomic E-state index is 0.299. The molecule has 3 unspecified atom stereocenters. The van der Waals surface area contributed by atoms with Gasteiger partial charge >= 0.3 is 0 Å². The first-order chi connectivity index (χ1) is 9.78. The van der Waals surface area contributed by atoms with Crippen molar-refractivity contribution in [3.63, 3.8) is 0 Å². The number of unbranched alkanes of at least 4 members (excludes halogenated alkanes) is 1. The Kier molecular flexibility index (Phi) is 5.90. The number of rotatable bonds is 8. The summed E-state index contributed by atoms with van der Waals surface area (Å²) < 4.78 is 6.15. The summed E-state index contributed by atoms with van der Waals surface area (Å²) in [5.41, 5.74) is 1.36. The largest absolute Gasteiger partial charge is 0.488 e. The Bertz CT molecular complexity index is 379. The summed E-state index contributed by atoms with van der Waals surface area (Å²) in [5, 5.41) is 3.50. The Labute approximate surface area is 123 Å². The van der Waals surface area contributed by atoms with Crippen molar-refractivity contribution >= 4 is 0 Å². The summed E-state index contributed by atoms with van der Waals surface area (Å²) in [7, 11) is 2.07. The van der Waals surface area contributed by atoms with Crippen molar-refractivity contribution in [2.24, 2.45) is 5.92 Å². The molecule has 0 saturated heterocycles. The molecule has 1 heterocycles. The molecule has 1 aliphatic heterocycles. The molecule has 0 aromatic heterocycles. The van der Waals surface area contributed by atoms with Crippen LogP contribution < -0.4 is 10.1 Å². The minimum absolute atomic E-state index is 0.299. The highest BCUT2D eigenvalue weighted by atomic mass is 16.5. The van der Waals surface area contributed by atoms with Crippen molar-refractivity contribution in [1.29, 1.82) is 0 Å². The van der Waals surface area contributed by atoms with E-state index in [-0.39, 0.29) is 0 Å². The smallest absolute Gasteiger partial charge is 0.123 e. The lowest BCUT2D eigenvalue weighted by molar-refractivity contribution is 0.161. The average molecular weight is 275 g/mol. The van der Waals surface area contributed by atoms with E-state index >= 15 is 0 Å². The van der Waals surface area contributed by atoms with E-state index in [9.17, 15) is 0 Å². The van der Waals surface area contributed by atoms with Crippen LogP contribution in [-0.2, 0) is 6.42 Å². The second-order valence-corrected chi connectivity index (χ2v) is 6.02. The number of para-hydroxylation sites is 1. The van der Waals surface area contributed by atoms with Gasteiger partial charge in [-0.1, -0.05) is 57.7 Å². The van der Waals surface area contributed by atoms with Gasteiger partial charge in [-0.2, -0.15) is 0 Å². The summed E-state index contributed by atoms with van der Waals surface area (Å²) in [6, 6.07) is 8.91. The van der Waals surface area contributed by atoms with Gasteiger partial charge in [-0.05, 0) is 31.0 Å². The third-order valence-corrected chi connectivity index (χ3v) is 4.62. The van der Waals surface area contributed by atoms with E-state index in [1.165, 1.54) is 37.7 Å². The zero-order valence-electron chi connectivity index (χ0n) is 13.2. The zero-order valence-corrected chi connectivity index (χ0v) is 13.2. The van der Waals surface area contributed by atoms with E-state index in [1.807, 2.05) is 0 Å². The molecule has 1 N–H and O–H groups in total. The van der Waals surface area contributed by atoms with Crippen LogP contribution in [0.15, 0.2) is 24.3 Å². The number of likely N-dealkylation sites (N-methyl/N-ethyl adjacent to an activating group) is 1. The van der Waals surface area contributed by atoms with Gasteiger partial charge in [0.05, 0.1) is 0 Å². The van der Waals surface area contributed by atoms with Crippen LogP contribution in [0.1, 0.15) is 51.5 Å². The van der Waals surface area contributed by atoms with E-state index in [0.717, 1.165) is 18.1 Å². The van der Waals surface area contributed by atoms with Crippen LogP contribution in [0.25, 0.3) is 0 Å². The average Bonchev–Trinajstić information content (AvgIpc) is 2.91. The molecule has 3 atom stereocenters. The van der Waals surface area contributed by atoms with Crippen LogP contribution in [0.2, 0.25) is 0 Å². The lowest BCUT2D eigenvalue weighted by Gasteiger charge is -2.27. The number of fused-ring (bicyclic) bond motifs is 1. The molecule has 0 saturated carbocycles. The van der Waals surface area contributed by atoms with Gasteiger partial charge in [0.15, 0.2) is 0 Å². The van der Waals surface area contributed by atoms with Crippen molar-refractivity contribution < 1.29 is 4.74 Å². The van der Waals surface area contributed by atoms with E-state index in [2.05, 4.69) is 50.5 Å². The minimum Gasteiger partial charge on any atom is -0.488 e. The monoisotopic (exact) mass is 275 g/mol. The van der Waals surface area contributed by atoms with Crippen molar-refractivity contribution in [3.8, 4) is 5.75 Å². The maximum Gasteiger partial charge on any atom is 0.123 e. The topological polar surface area (TPSA) is 21.3 Å². The molecule has 2 rings (SSSR count). The fourth-order valence-electron chi connectivity index (χ4n) is 3.23. The molecule has 2 heteroatoms. The normalized spacial score (nSPS) is 20.2. The third kappa shape index (κ3) is 3.76. The molecule has 0 amide bonds.